The molecule has 9 atom stereocenters. The van der Waals surface area contributed by atoms with Gasteiger partial charge >= 0.3 is 18.9 Å². The average molecular weight is 1770 g/mol. The smallest absolute Gasteiger partial charge is 0.701 e. The zero-order valence-corrected chi connectivity index (χ0v) is 79.4. The average Bonchev–Trinajstić information content (AvgIpc) is 1.76. The first-order chi connectivity index (χ1) is 56.0. The molecule has 31 radical (unpaired) electrons. The summed E-state index contributed by atoms with van der Waals surface area (Å²) in [6, 6.07) is 0. The third-order valence-corrected chi connectivity index (χ3v) is 14.0. The number of azide groups is 2. The molecule has 1 aliphatic heterocycles. The normalized spacial score (nSPS) is 11.8. The van der Waals surface area contributed by atoms with Crippen LogP contribution in [-0.4, -0.2) is 373 Å². The minimum Gasteiger partial charge on any atom is -0.701 e. The van der Waals surface area contributed by atoms with Gasteiger partial charge in [0.25, 0.3) is 0 Å². The zero-order chi connectivity index (χ0) is 93.1. The van der Waals surface area contributed by atoms with Crippen LogP contribution >= 0.6 is 69.6 Å². The molecule has 0 unspecified atom stereocenters. The van der Waals surface area contributed by atoms with Crippen molar-refractivity contribution in [2.24, 2.45) is 10.2 Å². The number of aromatic nitrogens is 3. The quantitative estimate of drug-likeness (QED) is 0.0113. The number of hydrogen-bond acceptors (Lipinski definition) is 20. The van der Waals surface area contributed by atoms with Gasteiger partial charge in [-0.1, -0.05) is 54.7 Å². The van der Waals surface area contributed by atoms with Gasteiger partial charge in [-0.05, 0) is 31.8 Å². The van der Waals surface area contributed by atoms with Gasteiger partial charge in [0, 0.05) is 276 Å². The van der Waals surface area contributed by atoms with Gasteiger partial charge in [0.15, 0.2) is 0 Å². The number of rotatable bonds is 42. The first-order valence-electron chi connectivity index (χ1n) is 34.5. The van der Waals surface area contributed by atoms with Gasteiger partial charge in [-0.15, -0.1) is 159 Å². The standard InChI is InChI=1S/C15H24ClN3O4.C8H15ClOSi.2C8H13N3O2.3C7H11ClO2.C5H9Si.C3H5ClO.B4.2B3.3B2.B.Li/c1-4-5-6-14(22-11-20-2)10-19-9-13(17-18-19)7-15(8-16)23-12-21-3;1-11(2,3)6-4-5-8(10)7-9;2*1-3-4-5-8(6-10-11-9)13-7-12-2;3*1-3-4-7(5-8)10-6-9-2;1-5-6(2,3)4;4-1-3-2-5-3;1-4(2)3;2*1-3-2;3*1-2;;/h9,14-15H,6-8,10-12H2,1-3H3;8,10H,5,7H2,1-3H3;2*8H,5-7H2,1-2H3;3*1,7H,4-6H2,2H3;2-4H3;3H,1-2H2;;;;;;;;/q;;;;;;;-1;;;;;;;;;+1/t14-,15-;3*8-;3*7-;;3-;;;;;;;;/m1000000.1......../s1. The molecule has 25 nitrogen and oxygen atoms in total. The Balaban J connectivity index is -0.0000000784. The van der Waals surface area contributed by atoms with Crippen molar-refractivity contribution in [3.63, 3.8) is 0 Å². The van der Waals surface area contributed by atoms with Crippen molar-refractivity contribution >= 4 is 215 Å². The number of alkyl halides is 6. The monoisotopic (exact) mass is 1770 g/mol. The predicted octanol–water partition coefficient (Wildman–Crippen LogP) is 3.03. The van der Waals surface area contributed by atoms with Crippen LogP contribution in [0.1, 0.15) is 71.4 Å². The van der Waals surface area contributed by atoms with Crippen LogP contribution in [0.4, 0.5) is 0 Å². The Labute approximate surface area is 783 Å². The molecule has 2 heterocycles. The van der Waals surface area contributed by atoms with Crippen LogP contribution in [0.5, 0.6) is 0 Å². The zero-order valence-electron chi connectivity index (χ0n) is 72.9. The van der Waals surface area contributed by atoms with E-state index in [0.29, 0.717) is 93.4 Å². The molecule has 0 spiro atoms. The molecule has 1 aromatic heterocycles. The summed E-state index contributed by atoms with van der Waals surface area (Å²) in [6.45, 7) is 21.6. The van der Waals surface area contributed by atoms with Crippen LogP contribution in [0, 0.1) is 96.0 Å². The molecule has 627 valence electrons. The van der Waals surface area contributed by atoms with E-state index in [9.17, 15) is 0 Å². The number of terminal acetylenes is 3. The van der Waals surface area contributed by atoms with E-state index < -0.39 is 28.6 Å². The molecule has 1 saturated heterocycles. The second-order valence-corrected chi connectivity index (χ2v) is 33.9. The summed E-state index contributed by atoms with van der Waals surface area (Å²) >= 11 is 33.1. The minimum absolute atomic E-state index is 0. The summed E-state index contributed by atoms with van der Waals surface area (Å²) in [5, 5.41) is 24.1. The SMILES string of the molecule is C#CC[C@@H](CCl)OCOC.C#CC[C@@H](CCl)OCOC.C#CC[C@@H](CCl)OCOC.CC#CC[C@@H](CN=[N+]=[N-])OCOC.CC#CC[C@@H](CN=[N+]=[N-])OCOC.CC#CC[C@H](Cn1cc(C[C@H](CCl)OCOC)nn1)OCOC.C[Si](C)(C)C#CC[C@H](O)CCl.ClC[C@@H]1CO1.[B].[B]B([B])[B].[B][B].[B][B].[B][B].[B][B][B].[B][B][B].[C-]#C[Si](C)(C)C.[Li+]. The topological polar surface area (TPSA) is 290 Å². The number of aliphatic hydroxyl groups is 1. The predicted molar refractivity (Wildman–Crippen MR) is 508 cm³/mol. The number of nitrogens with zero attached hydrogens (tertiary/aromatic N) is 9. The first kappa shape index (κ1) is 151. The van der Waals surface area contributed by atoms with E-state index in [1.807, 2.05) is 6.20 Å². The van der Waals surface area contributed by atoms with Crippen LogP contribution < -0.4 is 18.9 Å². The Kier molecular flexibility index (Phi) is 169. The molecule has 1 N–H and O–H groups in total. The number of methoxy groups -OCH3 is 7. The van der Waals surface area contributed by atoms with Crippen LogP contribution in [0.2, 0.25) is 39.3 Å². The molecule has 2 rings (SSSR count). The molecule has 51 heteroatoms. The fraction of sp³-hybridized carbons (Fsp3) is 0.735. The van der Waals surface area contributed by atoms with E-state index in [4.69, 9.17) is 168 Å². The summed E-state index contributed by atoms with van der Waals surface area (Å²) < 4.78 is 76.4. The first-order valence-corrected chi connectivity index (χ1v) is 44.7. The second kappa shape index (κ2) is 133. The van der Waals surface area contributed by atoms with Crippen molar-refractivity contribution in [3.05, 3.63) is 39.2 Å². The fourth-order valence-corrected chi connectivity index (χ4v) is 6.93. The summed E-state index contributed by atoms with van der Waals surface area (Å²) in [4.78, 5) is 5.30. The molecule has 0 aliphatic carbocycles. The third-order valence-electron chi connectivity index (χ3n) is 10.2. The van der Waals surface area contributed by atoms with Gasteiger partial charge in [-0.3, -0.25) is 0 Å². The van der Waals surface area contributed by atoms with Gasteiger partial charge in [-0.25, -0.2) is 4.68 Å². The maximum absolute atomic E-state index is 9.04. The molecular formula is C68H112B17Cl6LiN9O16Si2. The van der Waals surface area contributed by atoms with Crippen molar-refractivity contribution in [2.45, 2.75) is 173 Å². The van der Waals surface area contributed by atoms with Gasteiger partial charge in [0.2, 0.25) is 0 Å². The number of epoxide rings is 1. The van der Waals surface area contributed by atoms with Crippen LogP contribution in [-0.2, 0) is 84.0 Å². The number of aliphatic hydroxyl groups excluding tert-OH is 1. The Morgan fingerprint density at radius 2 is 0.824 bits per heavy atom. The summed E-state index contributed by atoms with van der Waals surface area (Å²) in [5.41, 5.74) is 22.7. The second-order valence-electron chi connectivity index (χ2n) is 22.6. The fourth-order valence-electron chi connectivity index (χ4n) is 5.22. The Bertz CT molecular complexity index is 2630. The van der Waals surface area contributed by atoms with E-state index in [-0.39, 0.29) is 137 Å². The van der Waals surface area contributed by atoms with E-state index in [1.165, 1.54) is 14.2 Å². The Hall–Kier alpha value is -2.52. The van der Waals surface area contributed by atoms with E-state index >= 15 is 0 Å². The number of ether oxygens (including phenoxy) is 15. The van der Waals surface area contributed by atoms with Gasteiger partial charge in [0.05, 0.1) is 101 Å². The van der Waals surface area contributed by atoms with Gasteiger partial charge in [-0.2, -0.15) is 0 Å². The van der Waals surface area contributed by atoms with Crippen LogP contribution in [0.15, 0.2) is 16.4 Å². The molecular weight excluding hydrogens is 1660 g/mol. The summed E-state index contributed by atoms with van der Waals surface area (Å²) in [5.74, 6) is 29.9. The van der Waals surface area contributed by atoms with E-state index in [2.05, 4.69) is 255 Å². The van der Waals surface area contributed by atoms with Crippen molar-refractivity contribution in [1.29, 1.82) is 0 Å². The van der Waals surface area contributed by atoms with Gasteiger partial charge in [0.1, 0.15) is 55.6 Å². The molecule has 0 bridgehead atoms. The maximum atomic E-state index is 9.04. The largest absolute Gasteiger partial charge is 1.00 e. The maximum Gasteiger partial charge on any atom is 1.00 e. The molecule has 0 aromatic carbocycles. The van der Waals surface area contributed by atoms with Crippen LogP contribution in [0.25, 0.3) is 20.9 Å². The number of halogens is 6. The summed E-state index contributed by atoms with van der Waals surface area (Å²) in [6.07, 6.45) is 26.5. The van der Waals surface area contributed by atoms with Crippen molar-refractivity contribution in [2.75, 3.05) is 152 Å². The summed E-state index contributed by atoms with van der Waals surface area (Å²) in [7, 11) is 66.4. The Morgan fingerprint density at radius 1 is 0.546 bits per heavy atom. The Morgan fingerprint density at radius 3 is 1.04 bits per heavy atom. The van der Waals surface area contributed by atoms with Gasteiger partial charge < -0.3 is 88.1 Å². The molecule has 0 amide bonds. The van der Waals surface area contributed by atoms with Crippen molar-refractivity contribution in [3.8, 4) is 89.6 Å². The van der Waals surface area contributed by atoms with Crippen molar-refractivity contribution in [1.82, 2.24) is 15.0 Å². The minimum atomic E-state index is -1.25. The molecule has 1 aliphatic rings. The molecule has 1 fully saturated rings. The molecule has 0 saturated carbocycles. The van der Waals surface area contributed by atoms with Crippen molar-refractivity contribution < 1.29 is 95.0 Å². The van der Waals surface area contributed by atoms with Crippen LogP contribution in [0.3, 0.4) is 0 Å². The van der Waals surface area contributed by atoms with E-state index in [0.717, 1.165) is 26.4 Å². The number of hydrogen-bond donors (Lipinski definition) is 1. The molecule has 119 heavy (non-hydrogen) atoms. The van der Waals surface area contributed by atoms with E-state index in [1.54, 1.807) is 61.0 Å². The molecule has 1 aromatic rings. The third kappa shape index (κ3) is 160.